The standard InChI is InChI=1S/C8H7O2/c9-7-2-1-3-8-6(7)4-5-10-8/h4H,1-3H2. The van der Waals surface area contributed by atoms with Gasteiger partial charge >= 0.3 is 0 Å². The van der Waals surface area contributed by atoms with Crippen LogP contribution in [0.4, 0.5) is 0 Å². The maximum absolute atomic E-state index is 11.1. The van der Waals surface area contributed by atoms with Gasteiger partial charge in [0.2, 0.25) is 0 Å². The Labute approximate surface area is 58.8 Å². The highest BCUT2D eigenvalue weighted by atomic mass is 16.3. The smallest absolute Gasteiger partial charge is 0.170 e. The summed E-state index contributed by atoms with van der Waals surface area (Å²) in [5.41, 5.74) is 0.742. The molecule has 0 bridgehead atoms. The summed E-state index contributed by atoms with van der Waals surface area (Å²) >= 11 is 0. The molecule has 51 valence electrons. The van der Waals surface area contributed by atoms with E-state index < -0.39 is 0 Å². The van der Waals surface area contributed by atoms with Crippen molar-refractivity contribution in [3.63, 3.8) is 0 Å². The summed E-state index contributed by atoms with van der Waals surface area (Å²) in [7, 11) is 0. The molecular weight excluding hydrogens is 128 g/mol. The number of hydrogen-bond acceptors (Lipinski definition) is 2. The number of Topliss-reactive ketones (excluding diaryl/α,β-unsaturated/α-hetero) is 1. The average molecular weight is 135 g/mol. The van der Waals surface area contributed by atoms with Gasteiger partial charge in [0.15, 0.2) is 12.0 Å². The normalized spacial score (nSPS) is 17.0. The van der Waals surface area contributed by atoms with Crippen LogP contribution in [0.3, 0.4) is 0 Å². The first-order valence-corrected chi connectivity index (χ1v) is 3.40. The van der Waals surface area contributed by atoms with E-state index in [1.165, 1.54) is 0 Å². The van der Waals surface area contributed by atoms with Gasteiger partial charge in [0.25, 0.3) is 0 Å². The molecule has 0 fully saturated rings. The van der Waals surface area contributed by atoms with Gasteiger partial charge in [-0.3, -0.25) is 4.79 Å². The Hall–Kier alpha value is -1.05. The molecule has 1 aromatic heterocycles. The summed E-state index contributed by atoms with van der Waals surface area (Å²) in [6.07, 6.45) is 5.06. The zero-order valence-corrected chi connectivity index (χ0v) is 5.52. The van der Waals surface area contributed by atoms with Crippen molar-refractivity contribution in [1.29, 1.82) is 0 Å². The van der Waals surface area contributed by atoms with Crippen molar-refractivity contribution in [3.8, 4) is 0 Å². The fourth-order valence-corrected chi connectivity index (χ4v) is 1.26. The Bertz CT molecular complexity index is 260. The number of rotatable bonds is 0. The number of fused-ring (bicyclic) bond motifs is 1. The molecule has 10 heavy (non-hydrogen) atoms. The molecule has 0 amide bonds. The van der Waals surface area contributed by atoms with Crippen LogP contribution in [0.5, 0.6) is 0 Å². The van der Waals surface area contributed by atoms with E-state index in [-0.39, 0.29) is 5.78 Å². The monoisotopic (exact) mass is 135 g/mol. The van der Waals surface area contributed by atoms with Gasteiger partial charge in [-0.25, -0.2) is 0 Å². The van der Waals surface area contributed by atoms with Crippen molar-refractivity contribution in [1.82, 2.24) is 0 Å². The summed E-state index contributed by atoms with van der Waals surface area (Å²) in [5.74, 6) is 1.02. The van der Waals surface area contributed by atoms with Crippen LogP contribution in [0, 0.1) is 6.26 Å². The van der Waals surface area contributed by atoms with Crippen LogP contribution < -0.4 is 0 Å². The highest BCUT2D eigenvalue weighted by molar-refractivity contribution is 5.97. The van der Waals surface area contributed by atoms with Crippen molar-refractivity contribution < 1.29 is 9.21 Å². The Morgan fingerprint density at radius 1 is 1.50 bits per heavy atom. The van der Waals surface area contributed by atoms with Crippen LogP contribution in [0.15, 0.2) is 10.5 Å². The van der Waals surface area contributed by atoms with Crippen molar-refractivity contribution in [2.75, 3.05) is 0 Å². The molecule has 1 aliphatic rings. The van der Waals surface area contributed by atoms with E-state index in [1.54, 1.807) is 6.07 Å². The maximum atomic E-state index is 11.1. The molecule has 2 rings (SSSR count). The van der Waals surface area contributed by atoms with E-state index in [2.05, 4.69) is 6.26 Å². The van der Waals surface area contributed by atoms with E-state index in [0.717, 1.165) is 24.2 Å². The molecule has 0 aliphatic heterocycles. The van der Waals surface area contributed by atoms with Gasteiger partial charge in [0, 0.05) is 12.8 Å². The summed E-state index contributed by atoms with van der Waals surface area (Å²) in [5, 5.41) is 0. The number of furan rings is 1. The second-order valence-electron chi connectivity index (χ2n) is 2.48. The van der Waals surface area contributed by atoms with Crippen LogP contribution >= 0.6 is 0 Å². The molecule has 1 aromatic rings. The summed E-state index contributed by atoms with van der Waals surface area (Å²) in [4.78, 5) is 11.1. The van der Waals surface area contributed by atoms with Gasteiger partial charge < -0.3 is 4.42 Å². The van der Waals surface area contributed by atoms with Gasteiger partial charge in [0.1, 0.15) is 5.76 Å². The summed E-state index contributed by atoms with van der Waals surface area (Å²) < 4.78 is 4.98. The Morgan fingerprint density at radius 3 is 3.20 bits per heavy atom. The Balaban J connectivity index is 2.50. The Kier molecular flexibility index (Phi) is 1.13. The van der Waals surface area contributed by atoms with E-state index in [1.807, 2.05) is 0 Å². The van der Waals surface area contributed by atoms with Crippen LogP contribution in [0.1, 0.15) is 29.0 Å². The van der Waals surface area contributed by atoms with Crippen LogP contribution in [0.25, 0.3) is 0 Å². The van der Waals surface area contributed by atoms with Crippen molar-refractivity contribution in [2.24, 2.45) is 0 Å². The molecule has 0 unspecified atom stereocenters. The van der Waals surface area contributed by atoms with Gasteiger partial charge in [-0.2, -0.15) is 0 Å². The molecule has 0 saturated heterocycles. The predicted octanol–water partition coefficient (Wildman–Crippen LogP) is 1.60. The molecule has 0 saturated carbocycles. The maximum Gasteiger partial charge on any atom is 0.170 e. The van der Waals surface area contributed by atoms with Gasteiger partial charge in [0.05, 0.1) is 5.56 Å². The first kappa shape index (κ1) is 5.71. The predicted molar refractivity (Wildman–Crippen MR) is 34.8 cm³/mol. The van der Waals surface area contributed by atoms with E-state index in [0.29, 0.717) is 6.42 Å². The fourth-order valence-electron chi connectivity index (χ4n) is 1.26. The number of aryl methyl sites for hydroxylation is 1. The van der Waals surface area contributed by atoms with E-state index in [4.69, 9.17) is 4.42 Å². The Morgan fingerprint density at radius 2 is 2.40 bits per heavy atom. The quantitative estimate of drug-likeness (QED) is 0.540. The number of carbonyl (C=O) groups excluding carboxylic acids is 1. The largest absolute Gasteiger partial charge is 0.457 e. The fraction of sp³-hybridized carbons (Fsp3) is 0.375. The SMILES string of the molecule is O=C1CCCc2o[c]cc21. The van der Waals surface area contributed by atoms with Gasteiger partial charge in [-0.1, -0.05) is 0 Å². The molecule has 0 atom stereocenters. The molecule has 1 radical (unpaired) electrons. The number of carbonyl (C=O) groups is 1. The lowest BCUT2D eigenvalue weighted by molar-refractivity contribution is 0.0969. The minimum absolute atomic E-state index is 0.200. The highest BCUT2D eigenvalue weighted by Gasteiger charge is 2.18. The third kappa shape index (κ3) is 0.685. The first-order valence-electron chi connectivity index (χ1n) is 3.40. The third-order valence-electron chi connectivity index (χ3n) is 1.79. The second kappa shape index (κ2) is 1.97. The zero-order valence-electron chi connectivity index (χ0n) is 5.52. The lowest BCUT2D eigenvalue weighted by Gasteiger charge is -2.06. The van der Waals surface area contributed by atoms with Crippen LogP contribution in [-0.4, -0.2) is 5.78 Å². The topological polar surface area (TPSA) is 30.2 Å². The molecule has 0 spiro atoms. The number of ketones is 1. The molecular formula is C8H7O2. The highest BCUT2D eigenvalue weighted by Crippen LogP contribution is 2.20. The molecule has 0 aromatic carbocycles. The zero-order chi connectivity index (χ0) is 6.97. The lowest BCUT2D eigenvalue weighted by atomic mass is 9.98. The van der Waals surface area contributed by atoms with Crippen LogP contribution in [0.2, 0.25) is 0 Å². The van der Waals surface area contributed by atoms with Gasteiger partial charge in [-0.15, -0.1) is 0 Å². The van der Waals surface area contributed by atoms with Crippen LogP contribution in [-0.2, 0) is 6.42 Å². The molecule has 2 nitrogen and oxygen atoms in total. The molecule has 2 heteroatoms. The van der Waals surface area contributed by atoms with Gasteiger partial charge in [-0.05, 0) is 12.5 Å². The van der Waals surface area contributed by atoms with Crippen molar-refractivity contribution >= 4 is 5.78 Å². The summed E-state index contributed by atoms with van der Waals surface area (Å²) in [6.45, 7) is 0. The van der Waals surface area contributed by atoms with Crippen molar-refractivity contribution in [2.45, 2.75) is 19.3 Å². The minimum Gasteiger partial charge on any atom is -0.457 e. The second-order valence-corrected chi connectivity index (χ2v) is 2.48. The number of hydrogen-bond donors (Lipinski definition) is 0. The summed E-state index contributed by atoms with van der Waals surface area (Å²) in [6, 6.07) is 1.64. The van der Waals surface area contributed by atoms with Crippen molar-refractivity contribution in [3.05, 3.63) is 23.7 Å². The first-order chi connectivity index (χ1) is 4.88. The third-order valence-corrected chi connectivity index (χ3v) is 1.79. The lowest BCUT2D eigenvalue weighted by Crippen LogP contribution is -2.07. The molecule has 0 N–H and O–H groups in total. The minimum atomic E-state index is 0.200. The molecule has 1 heterocycles. The average Bonchev–Trinajstić information content (AvgIpc) is 2.36. The van der Waals surface area contributed by atoms with E-state index >= 15 is 0 Å². The molecule has 1 aliphatic carbocycles. The van der Waals surface area contributed by atoms with E-state index in [9.17, 15) is 4.79 Å².